The van der Waals surface area contributed by atoms with Crippen LogP contribution in [0.15, 0.2) is 30.6 Å². The number of nitrogens with zero attached hydrogens (tertiary/aromatic N) is 2. The zero-order valence-electron chi connectivity index (χ0n) is 10.9. The minimum absolute atomic E-state index is 0.664. The van der Waals surface area contributed by atoms with Gasteiger partial charge in [-0.1, -0.05) is 18.6 Å². The lowest BCUT2D eigenvalue weighted by molar-refractivity contribution is 0.351. The standard InChI is InChI=1S/C15H22N2/c1-17(2)12-14-7-4-3-5-9-15(14)13-8-6-10-16-11-13/h6,8-11,14H,3-5,7,12H2,1-2H3. The lowest BCUT2D eigenvalue weighted by atomic mass is 9.90. The number of pyridine rings is 1. The molecule has 0 saturated carbocycles. The van der Waals surface area contributed by atoms with Crippen LogP contribution in [-0.2, 0) is 0 Å². The van der Waals surface area contributed by atoms with Gasteiger partial charge in [-0.05, 0) is 56.5 Å². The van der Waals surface area contributed by atoms with Gasteiger partial charge in [-0.15, -0.1) is 0 Å². The van der Waals surface area contributed by atoms with E-state index in [0.29, 0.717) is 5.92 Å². The smallest absolute Gasteiger partial charge is 0.0343 e. The van der Waals surface area contributed by atoms with Crippen LogP contribution in [0.1, 0.15) is 31.2 Å². The molecule has 2 rings (SSSR count). The maximum absolute atomic E-state index is 4.25. The zero-order chi connectivity index (χ0) is 12.1. The largest absolute Gasteiger partial charge is 0.309 e. The van der Waals surface area contributed by atoms with E-state index in [1.807, 2.05) is 18.5 Å². The van der Waals surface area contributed by atoms with Gasteiger partial charge in [0.25, 0.3) is 0 Å². The van der Waals surface area contributed by atoms with Crippen molar-refractivity contribution >= 4 is 5.57 Å². The Kier molecular flexibility index (Phi) is 4.32. The first kappa shape index (κ1) is 12.3. The van der Waals surface area contributed by atoms with Gasteiger partial charge in [-0.3, -0.25) is 4.98 Å². The third-order valence-electron chi connectivity index (χ3n) is 3.39. The van der Waals surface area contributed by atoms with Gasteiger partial charge in [0, 0.05) is 18.9 Å². The van der Waals surface area contributed by atoms with E-state index in [4.69, 9.17) is 0 Å². The molecule has 0 radical (unpaired) electrons. The van der Waals surface area contributed by atoms with Gasteiger partial charge in [-0.2, -0.15) is 0 Å². The van der Waals surface area contributed by atoms with E-state index in [2.05, 4.69) is 36.1 Å². The normalized spacial score (nSPS) is 21.1. The van der Waals surface area contributed by atoms with Crippen molar-refractivity contribution in [1.82, 2.24) is 9.88 Å². The van der Waals surface area contributed by atoms with Gasteiger partial charge in [0.05, 0.1) is 0 Å². The molecule has 0 bridgehead atoms. The maximum Gasteiger partial charge on any atom is 0.0343 e. The van der Waals surface area contributed by atoms with Crippen molar-refractivity contribution in [2.75, 3.05) is 20.6 Å². The topological polar surface area (TPSA) is 16.1 Å². The number of allylic oxidation sites excluding steroid dienone is 1. The van der Waals surface area contributed by atoms with Crippen LogP contribution in [0.4, 0.5) is 0 Å². The Labute approximate surface area is 104 Å². The molecule has 2 heteroatoms. The van der Waals surface area contributed by atoms with E-state index in [-0.39, 0.29) is 0 Å². The fourth-order valence-electron chi connectivity index (χ4n) is 2.63. The van der Waals surface area contributed by atoms with Crippen LogP contribution in [0.5, 0.6) is 0 Å². The van der Waals surface area contributed by atoms with Crippen LogP contribution in [-0.4, -0.2) is 30.5 Å². The summed E-state index contributed by atoms with van der Waals surface area (Å²) in [6.07, 6.45) is 11.5. The van der Waals surface area contributed by atoms with Crippen molar-refractivity contribution in [3.63, 3.8) is 0 Å². The number of hydrogen-bond donors (Lipinski definition) is 0. The van der Waals surface area contributed by atoms with Crippen LogP contribution in [0.2, 0.25) is 0 Å². The lowest BCUT2D eigenvalue weighted by Crippen LogP contribution is -2.22. The van der Waals surface area contributed by atoms with Crippen molar-refractivity contribution in [3.8, 4) is 0 Å². The van der Waals surface area contributed by atoms with Crippen molar-refractivity contribution in [2.24, 2.45) is 5.92 Å². The molecule has 17 heavy (non-hydrogen) atoms. The Hall–Kier alpha value is -1.15. The summed E-state index contributed by atoms with van der Waals surface area (Å²) in [4.78, 5) is 6.54. The molecule has 0 N–H and O–H groups in total. The molecule has 1 aliphatic rings. The molecule has 0 spiro atoms. The van der Waals surface area contributed by atoms with E-state index in [9.17, 15) is 0 Å². The highest BCUT2D eigenvalue weighted by Crippen LogP contribution is 2.31. The molecule has 1 aliphatic carbocycles. The minimum Gasteiger partial charge on any atom is -0.309 e. The van der Waals surface area contributed by atoms with Crippen molar-refractivity contribution in [1.29, 1.82) is 0 Å². The van der Waals surface area contributed by atoms with Gasteiger partial charge < -0.3 is 4.90 Å². The van der Waals surface area contributed by atoms with E-state index >= 15 is 0 Å². The van der Waals surface area contributed by atoms with Crippen LogP contribution in [0, 0.1) is 5.92 Å². The average Bonchev–Trinajstić information content (AvgIpc) is 2.55. The lowest BCUT2D eigenvalue weighted by Gasteiger charge is -2.23. The minimum atomic E-state index is 0.664. The molecule has 2 nitrogen and oxygen atoms in total. The first-order valence-electron chi connectivity index (χ1n) is 6.52. The summed E-state index contributed by atoms with van der Waals surface area (Å²) in [5.41, 5.74) is 2.81. The van der Waals surface area contributed by atoms with Crippen molar-refractivity contribution in [2.45, 2.75) is 25.7 Å². The molecule has 0 aromatic carbocycles. The molecule has 0 aliphatic heterocycles. The first-order chi connectivity index (χ1) is 8.27. The third kappa shape index (κ3) is 3.40. The Morgan fingerprint density at radius 2 is 2.24 bits per heavy atom. The van der Waals surface area contributed by atoms with E-state index in [1.54, 1.807) is 0 Å². The van der Waals surface area contributed by atoms with Crippen LogP contribution in [0.3, 0.4) is 0 Å². The summed E-state index contributed by atoms with van der Waals surface area (Å²) in [7, 11) is 4.32. The molecular formula is C15H22N2. The van der Waals surface area contributed by atoms with Crippen molar-refractivity contribution in [3.05, 3.63) is 36.2 Å². The molecule has 1 aromatic rings. The SMILES string of the molecule is CN(C)CC1CCCCC=C1c1cccnc1. The van der Waals surface area contributed by atoms with Crippen LogP contribution in [0.25, 0.3) is 5.57 Å². The molecule has 0 saturated heterocycles. The predicted molar refractivity (Wildman–Crippen MR) is 72.7 cm³/mol. The van der Waals surface area contributed by atoms with Gasteiger partial charge in [0.1, 0.15) is 0 Å². The highest BCUT2D eigenvalue weighted by Gasteiger charge is 2.18. The Balaban J connectivity index is 2.23. The second kappa shape index (κ2) is 5.97. The summed E-state index contributed by atoms with van der Waals surface area (Å²) < 4.78 is 0. The van der Waals surface area contributed by atoms with E-state index in [0.717, 1.165) is 6.54 Å². The van der Waals surface area contributed by atoms with Crippen LogP contribution < -0.4 is 0 Å². The maximum atomic E-state index is 4.25. The summed E-state index contributed by atoms with van der Waals surface area (Å²) in [5.74, 6) is 0.664. The second-order valence-corrected chi connectivity index (χ2v) is 5.14. The number of rotatable bonds is 3. The molecular weight excluding hydrogens is 208 g/mol. The molecule has 1 aromatic heterocycles. The Morgan fingerprint density at radius 1 is 1.35 bits per heavy atom. The monoisotopic (exact) mass is 230 g/mol. The summed E-state index contributed by atoms with van der Waals surface area (Å²) in [6, 6.07) is 4.22. The van der Waals surface area contributed by atoms with E-state index < -0.39 is 0 Å². The number of aromatic nitrogens is 1. The molecule has 0 amide bonds. The summed E-state index contributed by atoms with van der Waals surface area (Å²) >= 11 is 0. The van der Waals surface area contributed by atoms with Crippen molar-refractivity contribution < 1.29 is 0 Å². The fourth-order valence-corrected chi connectivity index (χ4v) is 2.63. The van der Waals surface area contributed by atoms with Gasteiger partial charge in [0.2, 0.25) is 0 Å². The van der Waals surface area contributed by atoms with E-state index in [1.165, 1.54) is 36.8 Å². The zero-order valence-corrected chi connectivity index (χ0v) is 10.9. The van der Waals surface area contributed by atoms with Gasteiger partial charge in [-0.25, -0.2) is 0 Å². The Morgan fingerprint density at radius 3 is 2.94 bits per heavy atom. The van der Waals surface area contributed by atoms with Gasteiger partial charge >= 0.3 is 0 Å². The summed E-state index contributed by atoms with van der Waals surface area (Å²) in [6.45, 7) is 1.14. The van der Waals surface area contributed by atoms with Crippen LogP contribution >= 0.6 is 0 Å². The van der Waals surface area contributed by atoms with Gasteiger partial charge in [0.15, 0.2) is 0 Å². The molecule has 1 heterocycles. The second-order valence-electron chi connectivity index (χ2n) is 5.14. The third-order valence-corrected chi connectivity index (χ3v) is 3.39. The highest BCUT2D eigenvalue weighted by atomic mass is 15.1. The number of hydrogen-bond acceptors (Lipinski definition) is 2. The first-order valence-corrected chi connectivity index (χ1v) is 6.52. The summed E-state index contributed by atoms with van der Waals surface area (Å²) in [5, 5.41) is 0. The average molecular weight is 230 g/mol. The molecule has 1 unspecified atom stereocenters. The fraction of sp³-hybridized carbons (Fsp3) is 0.533. The Bertz CT molecular complexity index is 368. The highest BCUT2D eigenvalue weighted by molar-refractivity contribution is 5.67. The molecule has 92 valence electrons. The predicted octanol–water partition coefficient (Wildman–Crippen LogP) is 3.22. The quantitative estimate of drug-likeness (QED) is 0.792. The molecule has 0 fully saturated rings. The molecule has 1 atom stereocenters.